The maximum Gasteiger partial charge on any atom is 0.325 e. The first kappa shape index (κ1) is 14.9. The van der Waals surface area contributed by atoms with Crippen molar-refractivity contribution in [2.75, 3.05) is 20.2 Å². The summed E-state index contributed by atoms with van der Waals surface area (Å²) >= 11 is 0. The maximum absolute atomic E-state index is 12.2. The number of aromatic nitrogens is 4. The van der Waals surface area contributed by atoms with Crippen molar-refractivity contribution in [2.45, 2.75) is 20.8 Å². The van der Waals surface area contributed by atoms with Crippen molar-refractivity contribution < 1.29 is 14.3 Å². The average Bonchev–Trinajstić information content (AvgIpc) is 2.81. The third-order valence-corrected chi connectivity index (χ3v) is 2.83. The minimum atomic E-state index is -0.470. The van der Waals surface area contributed by atoms with Gasteiger partial charge in [0, 0.05) is 18.4 Å². The van der Waals surface area contributed by atoms with Crippen LogP contribution in [0, 0.1) is 13.8 Å². The molecule has 0 aliphatic heterocycles. The number of fused-ring (bicyclic) bond motifs is 1. The molecule has 112 valence electrons. The molecule has 1 amide bonds. The molecule has 0 bridgehead atoms. The third-order valence-electron chi connectivity index (χ3n) is 2.83. The minimum Gasteiger partial charge on any atom is -0.465 e. The van der Waals surface area contributed by atoms with Gasteiger partial charge in [0.1, 0.15) is 6.54 Å². The van der Waals surface area contributed by atoms with E-state index in [-0.39, 0.29) is 19.0 Å². The SMILES string of the molecule is CCOC(=O)CN(C)C(=O)c1nc2nc(C)cc(C)n2n1. The number of carbonyl (C=O) groups excluding carboxylic acids is 2. The van der Waals surface area contributed by atoms with Crippen LogP contribution in [-0.4, -0.2) is 56.6 Å². The summed E-state index contributed by atoms with van der Waals surface area (Å²) in [7, 11) is 1.50. The van der Waals surface area contributed by atoms with Gasteiger partial charge in [-0.3, -0.25) is 9.59 Å². The summed E-state index contributed by atoms with van der Waals surface area (Å²) in [6.07, 6.45) is 0. The van der Waals surface area contributed by atoms with Crippen molar-refractivity contribution in [1.82, 2.24) is 24.5 Å². The van der Waals surface area contributed by atoms with Gasteiger partial charge in [-0.15, -0.1) is 5.10 Å². The van der Waals surface area contributed by atoms with Crippen LogP contribution in [0.4, 0.5) is 0 Å². The molecule has 0 unspecified atom stereocenters. The Morgan fingerprint density at radius 2 is 2.05 bits per heavy atom. The Labute approximate surface area is 121 Å². The van der Waals surface area contributed by atoms with E-state index in [4.69, 9.17) is 4.74 Å². The number of esters is 1. The van der Waals surface area contributed by atoms with E-state index in [1.807, 2.05) is 19.9 Å². The standard InChI is InChI=1S/C13H17N5O3/c1-5-21-10(19)7-17(4)12(20)11-15-13-14-8(2)6-9(3)18(13)16-11/h6H,5,7H2,1-4H3. The molecule has 2 heterocycles. The van der Waals surface area contributed by atoms with Crippen LogP contribution in [0.5, 0.6) is 0 Å². The van der Waals surface area contributed by atoms with E-state index in [2.05, 4.69) is 15.1 Å². The van der Waals surface area contributed by atoms with E-state index in [1.54, 1.807) is 6.92 Å². The fraction of sp³-hybridized carbons (Fsp3) is 0.462. The molecular weight excluding hydrogens is 274 g/mol. The monoisotopic (exact) mass is 291 g/mol. The number of likely N-dealkylation sites (N-methyl/N-ethyl adjacent to an activating group) is 1. The van der Waals surface area contributed by atoms with E-state index in [1.165, 1.54) is 16.5 Å². The quantitative estimate of drug-likeness (QED) is 0.756. The van der Waals surface area contributed by atoms with Crippen molar-refractivity contribution in [3.63, 3.8) is 0 Å². The molecule has 0 atom stereocenters. The highest BCUT2D eigenvalue weighted by Crippen LogP contribution is 2.06. The van der Waals surface area contributed by atoms with E-state index < -0.39 is 11.9 Å². The third kappa shape index (κ3) is 3.15. The number of aryl methyl sites for hydroxylation is 2. The van der Waals surface area contributed by atoms with Gasteiger partial charge in [-0.25, -0.2) is 9.50 Å². The predicted molar refractivity (Wildman–Crippen MR) is 73.8 cm³/mol. The molecule has 0 radical (unpaired) electrons. The first-order valence-electron chi connectivity index (χ1n) is 6.54. The molecule has 0 aromatic carbocycles. The van der Waals surface area contributed by atoms with Crippen LogP contribution in [0.3, 0.4) is 0 Å². The number of hydrogen-bond acceptors (Lipinski definition) is 6. The molecule has 2 aromatic heterocycles. The van der Waals surface area contributed by atoms with Gasteiger partial charge < -0.3 is 9.64 Å². The lowest BCUT2D eigenvalue weighted by Crippen LogP contribution is -2.33. The molecule has 8 nitrogen and oxygen atoms in total. The van der Waals surface area contributed by atoms with Crippen molar-refractivity contribution in [3.8, 4) is 0 Å². The van der Waals surface area contributed by atoms with Gasteiger partial charge in [0.15, 0.2) is 0 Å². The number of carbonyl (C=O) groups is 2. The summed E-state index contributed by atoms with van der Waals surface area (Å²) in [5.74, 6) is -0.559. The zero-order valence-electron chi connectivity index (χ0n) is 12.5. The topological polar surface area (TPSA) is 89.7 Å². The molecule has 0 aliphatic carbocycles. The first-order valence-corrected chi connectivity index (χ1v) is 6.54. The summed E-state index contributed by atoms with van der Waals surface area (Å²) in [6.45, 7) is 5.53. The van der Waals surface area contributed by atoms with Crippen LogP contribution in [-0.2, 0) is 9.53 Å². The van der Waals surface area contributed by atoms with Crippen LogP contribution >= 0.6 is 0 Å². The summed E-state index contributed by atoms with van der Waals surface area (Å²) in [5, 5.41) is 4.13. The summed E-state index contributed by atoms with van der Waals surface area (Å²) < 4.78 is 6.30. The normalized spacial score (nSPS) is 10.7. The highest BCUT2D eigenvalue weighted by molar-refractivity contribution is 5.92. The predicted octanol–water partition coefficient (Wildman–Crippen LogP) is 0.376. The van der Waals surface area contributed by atoms with Gasteiger partial charge in [0.25, 0.3) is 11.7 Å². The van der Waals surface area contributed by atoms with Crippen LogP contribution in [0.15, 0.2) is 6.07 Å². The van der Waals surface area contributed by atoms with Crippen LogP contribution in [0.25, 0.3) is 5.78 Å². The first-order chi connectivity index (χ1) is 9.92. The van der Waals surface area contributed by atoms with E-state index >= 15 is 0 Å². The number of amides is 1. The minimum absolute atomic E-state index is 0.00278. The lowest BCUT2D eigenvalue weighted by atomic mass is 10.4. The molecule has 8 heteroatoms. The second-order valence-electron chi connectivity index (χ2n) is 4.65. The second kappa shape index (κ2) is 5.86. The molecule has 0 saturated carbocycles. The van der Waals surface area contributed by atoms with E-state index in [0.29, 0.717) is 5.78 Å². The van der Waals surface area contributed by atoms with E-state index in [0.717, 1.165) is 11.4 Å². The van der Waals surface area contributed by atoms with Gasteiger partial charge in [-0.2, -0.15) is 4.98 Å². The Morgan fingerprint density at radius 1 is 1.33 bits per heavy atom. The number of hydrogen-bond donors (Lipinski definition) is 0. The Hall–Kier alpha value is -2.51. The van der Waals surface area contributed by atoms with Gasteiger partial charge in [-0.1, -0.05) is 0 Å². The zero-order valence-corrected chi connectivity index (χ0v) is 12.5. The lowest BCUT2D eigenvalue weighted by Gasteiger charge is -2.13. The van der Waals surface area contributed by atoms with Crippen molar-refractivity contribution >= 4 is 17.7 Å². The summed E-state index contributed by atoms with van der Waals surface area (Å²) in [4.78, 5) is 33.1. The average molecular weight is 291 g/mol. The van der Waals surface area contributed by atoms with Crippen molar-refractivity contribution in [2.24, 2.45) is 0 Å². The zero-order chi connectivity index (χ0) is 15.6. The Morgan fingerprint density at radius 3 is 2.71 bits per heavy atom. The molecule has 0 N–H and O–H groups in total. The van der Waals surface area contributed by atoms with Crippen LogP contribution < -0.4 is 0 Å². The number of nitrogens with zero attached hydrogens (tertiary/aromatic N) is 5. The summed E-state index contributed by atoms with van der Waals surface area (Å²) in [6, 6.07) is 1.85. The Kier molecular flexibility index (Phi) is 4.15. The van der Waals surface area contributed by atoms with Crippen molar-refractivity contribution in [3.05, 3.63) is 23.3 Å². The summed E-state index contributed by atoms with van der Waals surface area (Å²) in [5.41, 5.74) is 1.63. The Balaban J connectivity index is 2.23. The second-order valence-corrected chi connectivity index (χ2v) is 4.65. The fourth-order valence-corrected chi connectivity index (χ4v) is 1.90. The van der Waals surface area contributed by atoms with Crippen LogP contribution in [0.1, 0.15) is 28.9 Å². The number of ether oxygens (including phenoxy) is 1. The molecule has 2 aromatic rings. The number of rotatable bonds is 4. The molecule has 0 aliphatic rings. The maximum atomic E-state index is 12.2. The molecule has 0 saturated heterocycles. The van der Waals surface area contributed by atoms with Crippen LogP contribution in [0.2, 0.25) is 0 Å². The van der Waals surface area contributed by atoms with Crippen molar-refractivity contribution in [1.29, 1.82) is 0 Å². The molecule has 0 spiro atoms. The molecule has 21 heavy (non-hydrogen) atoms. The highest BCUT2D eigenvalue weighted by Gasteiger charge is 2.21. The van der Waals surface area contributed by atoms with Gasteiger partial charge in [0.2, 0.25) is 5.82 Å². The van der Waals surface area contributed by atoms with Gasteiger partial charge in [0.05, 0.1) is 6.61 Å². The largest absolute Gasteiger partial charge is 0.465 e. The molecule has 0 fully saturated rings. The highest BCUT2D eigenvalue weighted by atomic mass is 16.5. The smallest absolute Gasteiger partial charge is 0.325 e. The lowest BCUT2D eigenvalue weighted by molar-refractivity contribution is -0.143. The van der Waals surface area contributed by atoms with Gasteiger partial charge in [-0.05, 0) is 26.8 Å². The molecular formula is C13H17N5O3. The van der Waals surface area contributed by atoms with Gasteiger partial charge >= 0.3 is 5.97 Å². The van der Waals surface area contributed by atoms with E-state index in [9.17, 15) is 9.59 Å². The molecule has 2 rings (SSSR count). The Bertz CT molecular complexity index is 694. The fourth-order valence-electron chi connectivity index (χ4n) is 1.90.